The molecule has 1 heterocycles. The van der Waals surface area contributed by atoms with Gasteiger partial charge in [0, 0.05) is 6.54 Å². The van der Waals surface area contributed by atoms with Gasteiger partial charge >= 0.3 is 0 Å². The number of carbonyl (C=O) groups excluding carboxylic acids is 2. The van der Waals surface area contributed by atoms with Gasteiger partial charge in [-0.05, 0) is 19.8 Å². The molecule has 0 saturated carbocycles. The molecule has 13 heavy (non-hydrogen) atoms. The first kappa shape index (κ1) is 9.98. The van der Waals surface area contributed by atoms with Crippen LogP contribution in [0.15, 0.2) is 0 Å². The lowest BCUT2D eigenvalue weighted by Gasteiger charge is -2.23. The van der Waals surface area contributed by atoms with Gasteiger partial charge in [-0.1, -0.05) is 0 Å². The zero-order valence-electron chi connectivity index (χ0n) is 7.56. The summed E-state index contributed by atoms with van der Waals surface area (Å²) in [6, 6.07) is -0.526. The average molecular weight is 186 g/mol. The van der Waals surface area contributed by atoms with E-state index >= 15 is 0 Å². The van der Waals surface area contributed by atoms with E-state index in [-0.39, 0.29) is 0 Å². The van der Waals surface area contributed by atoms with Crippen LogP contribution >= 0.6 is 0 Å². The molecule has 0 radical (unpaired) electrons. The zero-order chi connectivity index (χ0) is 10.0. The first-order valence-corrected chi connectivity index (χ1v) is 4.32. The molecule has 5 nitrogen and oxygen atoms in total. The third-order valence-corrected chi connectivity index (χ3v) is 2.22. The summed E-state index contributed by atoms with van der Waals surface area (Å²) in [4.78, 5) is 23.6. The molecule has 0 bridgehead atoms. The molecule has 1 fully saturated rings. The second-order valence-electron chi connectivity index (χ2n) is 3.27. The second kappa shape index (κ2) is 3.74. The van der Waals surface area contributed by atoms with Gasteiger partial charge in [-0.25, -0.2) is 0 Å². The van der Waals surface area contributed by atoms with Gasteiger partial charge in [0.1, 0.15) is 12.1 Å². The molecule has 2 amide bonds. The second-order valence-corrected chi connectivity index (χ2v) is 3.27. The summed E-state index contributed by atoms with van der Waals surface area (Å²) >= 11 is 0. The van der Waals surface area contributed by atoms with Crippen molar-refractivity contribution in [3.8, 4) is 0 Å². The van der Waals surface area contributed by atoms with E-state index in [1.807, 2.05) is 0 Å². The first-order chi connectivity index (χ1) is 6.04. The molecule has 0 aromatic heterocycles. The number of nitrogens with zero attached hydrogens (tertiary/aromatic N) is 1. The van der Waals surface area contributed by atoms with Crippen molar-refractivity contribution in [3.05, 3.63) is 0 Å². The minimum absolute atomic E-state index is 0.415. The molecule has 1 aliphatic rings. The van der Waals surface area contributed by atoms with Gasteiger partial charge in [0.15, 0.2) is 0 Å². The largest absolute Gasteiger partial charge is 0.384 e. The molecule has 5 heteroatoms. The van der Waals surface area contributed by atoms with Crippen molar-refractivity contribution in [2.45, 2.75) is 31.9 Å². The highest BCUT2D eigenvalue weighted by atomic mass is 16.3. The van der Waals surface area contributed by atoms with E-state index in [9.17, 15) is 9.59 Å². The predicted molar refractivity (Wildman–Crippen MR) is 45.6 cm³/mol. The summed E-state index contributed by atoms with van der Waals surface area (Å²) in [5.74, 6) is -0.909. The fourth-order valence-electron chi connectivity index (χ4n) is 1.57. The summed E-state index contributed by atoms with van der Waals surface area (Å²) in [6.07, 6.45) is 0.319. The predicted octanol–water partition coefficient (Wildman–Crippen LogP) is -1.16. The summed E-state index contributed by atoms with van der Waals surface area (Å²) < 4.78 is 0. The van der Waals surface area contributed by atoms with Crippen molar-refractivity contribution in [2.24, 2.45) is 5.73 Å². The Morgan fingerprint density at radius 1 is 1.62 bits per heavy atom. The third kappa shape index (κ3) is 1.98. The van der Waals surface area contributed by atoms with Crippen molar-refractivity contribution >= 4 is 11.8 Å². The van der Waals surface area contributed by atoms with E-state index in [4.69, 9.17) is 10.8 Å². The Labute approximate surface area is 76.5 Å². The number of hydrogen-bond donors (Lipinski definition) is 2. The maximum atomic E-state index is 11.3. The van der Waals surface area contributed by atoms with E-state index in [0.717, 1.165) is 6.42 Å². The molecule has 0 aromatic rings. The van der Waals surface area contributed by atoms with Crippen LogP contribution in [0, 0.1) is 0 Å². The Hall–Kier alpha value is -1.10. The van der Waals surface area contributed by atoms with E-state index in [1.54, 1.807) is 0 Å². The number of amides is 2. The molecule has 3 N–H and O–H groups in total. The number of carbonyl (C=O) groups is 2. The van der Waals surface area contributed by atoms with E-state index in [0.29, 0.717) is 13.0 Å². The van der Waals surface area contributed by atoms with Crippen LogP contribution in [0.1, 0.15) is 19.8 Å². The lowest BCUT2D eigenvalue weighted by Crippen LogP contribution is -2.47. The Balaban J connectivity index is 2.68. The number of primary amides is 1. The maximum absolute atomic E-state index is 11.3. The lowest BCUT2D eigenvalue weighted by atomic mass is 10.2. The molecular weight excluding hydrogens is 172 g/mol. The van der Waals surface area contributed by atoms with Gasteiger partial charge in [0.2, 0.25) is 5.91 Å². The fourth-order valence-corrected chi connectivity index (χ4v) is 1.57. The number of hydrogen-bond acceptors (Lipinski definition) is 3. The van der Waals surface area contributed by atoms with Crippen LogP contribution in [0.5, 0.6) is 0 Å². The average Bonchev–Trinajstić information content (AvgIpc) is 2.50. The fraction of sp³-hybridized carbons (Fsp3) is 0.750. The monoisotopic (exact) mass is 186 g/mol. The van der Waals surface area contributed by atoms with Gasteiger partial charge in [0.25, 0.3) is 5.91 Å². The van der Waals surface area contributed by atoms with E-state index in [1.165, 1.54) is 11.8 Å². The van der Waals surface area contributed by atoms with Crippen molar-refractivity contribution < 1.29 is 14.7 Å². The van der Waals surface area contributed by atoms with Crippen LogP contribution in [-0.2, 0) is 9.59 Å². The Morgan fingerprint density at radius 3 is 2.69 bits per heavy atom. The van der Waals surface area contributed by atoms with Crippen LogP contribution in [0.25, 0.3) is 0 Å². The number of likely N-dealkylation sites (tertiary alicyclic amines) is 1. The third-order valence-electron chi connectivity index (χ3n) is 2.22. The summed E-state index contributed by atoms with van der Waals surface area (Å²) in [5.41, 5.74) is 5.11. The SMILES string of the molecule is CC(O)C(=O)N1CCC[C@H]1C(N)=O. The van der Waals surface area contributed by atoms with Crippen molar-refractivity contribution in [3.63, 3.8) is 0 Å². The molecule has 2 atom stereocenters. The van der Waals surface area contributed by atoms with Crippen LogP contribution in [0.2, 0.25) is 0 Å². The van der Waals surface area contributed by atoms with Gasteiger partial charge in [-0.3, -0.25) is 9.59 Å². The summed E-state index contributed by atoms with van der Waals surface area (Å²) in [6.45, 7) is 1.90. The normalized spacial score (nSPS) is 24.5. The maximum Gasteiger partial charge on any atom is 0.251 e. The van der Waals surface area contributed by atoms with Gasteiger partial charge < -0.3 is 15.7 Å². The molecule has 0 aliphatic carbocycles. The highest BCUT2D eigenvalue weighted by molar-refractivity contribution is 5.88. The zero-order valence-corrected chi connectivity index (χ0v) is 7.56. The molecule has 74 valence electrons. The van der Waals surface area contributed by atoms with Crippen LogP contribution in [-0.4, -0.2) is 40.5 Å². The Kier molecular flexibility index (Phi) is 2.87. The lowest BCUT2D eigenvalue weighted by molar-refractivity contribution is -0.143. The quantitative estimate of drug-likeness (QED) is 0.570. The molecule has 0 aromatic carbocycles. The van der Waals surface area contributed by atoms with Crippen molar-refractivity contribution in [1.29, 1.82) is 0 Å². The Bertz CT molecular complexity index is 227. The highest BCUT2D eigenvalue weighted by Gasteiger charge is 2.33. The number of rotatable bonds is 2. The van der Waals surface area contributed by atoms with Crippen molar-refractivity contribution in [1.82, 2.24) is 4.90 Å². The highest BCUT2D eigenvalue weighted by Crippen LogP contribution is 2.17. The topological polar surface area (TPSA) is 83.6 Å². The van der Waals surface area contributed by atoms with E-state index in [2.05, 4.69) is 0 Å². The molecule has 0 spiro atoms. The van der Waals surface area contributed by atoms with Crippen molar-refractivity contribution in [2.75, 3.05) is 6.54 Å². The van der Waals surface area contributed by atoms with Gasteiger partial charge in [-0.15, -0.1) is 0 Å². The molecule has 1 rings (SSSR count). The summed E-state index contributed by atoms with van der Waals surface area (Å²) in [7, 11) is 0. The molecule has 1 aliphatic heterocycles. The van der Waals surface area contributed by atoms with Crippen LogP contribution in [0.4, 0.5) is 0 Å². The van der Waals surface area contributed by atoms with E-state index < -0.39 is 24.0 Å². The minimum atomic E-state index is -1.06. The molecular formula is C8H14N2O3. The number of aliphatic hydroxyl groups is 1. The number of aliphatic hydroxyl groups excluding tert-OH is 1. The molecule has 1 unspecified atom stereocenters. The number of nitrogens with two attached hydrogens (primary N) is 1. The minimum Gasteiger partial charge on any atom is -0.384 e. The van der Waals surface area contributed by atoms with Gasteiger partial charge in [0.05, 0.1) is 0 Å². The smallest absolute Gasteiger partial charge is 0.251 e. The van der Waals surface area contributed by atoms with Gasteiger partial charge in [-0.2, -0.15) is 0 Å². The van der Waals surface area contributed by atoms with Crippen LogP contribution in [0.3, 0.4) is 0 Å². The first-order valence-electron chi connectivity index (χ1n) is 4.32. The molecule has 1 saturated heterocycles. The standard InChI is InChI=1S/C8H14N2O3/c1-5(11)8(13)10-4-2-3-6(10)7(9)12/h5-6,11H,2-4H2,1H3,(H2,9,12)/t5?,6-/m0/s1. The summed E-state index contributed by atoms with van der Waals surface area (Å²) in [5, 5.41) is 9.04. The van der Waals surface area contributed by atoms with Crippen LogP contribution < -0.4 is 5.73 Å². The Morgan fingerprint density at radius 2 is 2.23 bits per heavy atom.